The highest BCUT2D eigenvalue weighted by molar-refractivity contribution is 7.15. The van der Waals surface area contributed by atoms with Crippen molar-refractivity contribution in [2.24, 2.45) is 0 Å². The zero-order valence-electron chi connectivity index (χ0n) is 12.7. The highest BCUT2D eigenvalue weighted by Crippen LogP contribution is 2.35. The van der Waals surface area contributed by atoms with Crippen LogP contribution in [-0.2, 0) is 0 Å². The fraction of sp³-hybridized carbons (Fsp3) is 0.400. The molecule has 0 saturated heterocycles. The van der Waals surface area contributed by atoms with Crippen LogP contribution < -0.4 is 5.32 Å². The van der Waals surface area contributed by atoms with Crippen molar-refractivity contribution in [1.29, 1.82) is 0 Å². The summed E-state index contributed by atoms with van der Waals surface area (Å²) in [4.78, 5) is 22.5. The van der Waals surface area contributed by atoms with Crippen molar-refractivity contribution in [2.75, 3.05) is 5.32 Å². The zero-order chi connectivity index (χ0) is 17.1. The molecule has 1 fully saturated rings. The van der Waals surface area contributed by atoms with E-state index in [4.69, 9.17) is 11.6 Å². The molecule has 1 heterocycles. The highest BCUT2D eigenvalue weighted by atomic mass is 35.5. The topological polar surface area (TPSA) is 98.0 Å². The Kier molecular flexibility index (Phi) is 5.06. The lowest BCUT2D eigenvalue weighted by Crippen LogP contribution is -2.12. The zero-order valence-corrected chi connectivity index (χ0v) is 14.3. The first-order valence-electron chi connectivity index (χ1n) is 7.63. The van der Waals surface area contributed by atoms with Gasteiger partial charge in [0.05, 0.1) is 4.92 Å². The molecule has 126 valence electrons. The maximum absolute atomic E-state index is 12.2. The molecule has 0 atom stereocenters. The van der Waals surface area contributed by atoms with Crippen molar-refractivity contribution in [3.63, 3.8) is 0 Å². The number of benzene rings is 1. The van der Waals surface area contributed by atoms with E-state index in [0.29, 0.717) is 11.0 Å². The van der Waals surface area contributed by atoms with Gasteiger partial charge in [0.15, 0.2) is 0 Å². The minimum absolute atomic E-state index is 0.00736. The Balaban J connectivity index is 1.72. The van der Waals surface area contributed by atoms with Crippen LogP contribution in [0.2, 0.25) is 5.02 Å². The average molecular weight is 367 g/mol. The van der Waals surface area contributed by atoms with Crippen LogP contribution in [0.25, 0.3) is 0 Å². The summed E-state index contributed by atoms with van der Waals surface area (Å²) in [6, 6.07) is 3.93. The highest BCUT2D eigenvalue weighted by Gasteiger charge is 2.21. The largest absolute Gasteiger partial charge is 0.296 e. The number of amides is 1. The molecule has 0 radical (unpaired) electrons. The van der Waals surface area contributed by atoms with E-state index in [0.717, 1.165) is 23.9 Å². The van der Waals surface area contributed by atoms with Gasteiger partial charge in [-0.3, -0.25) is 20.2 Å². The second-order valence-corrected chi connectivity index (χ2v) is 7.07. The number of nitrogens with one attached hydrogen (secondary N) is 1. The Labute approximate surface area is 147 Å². The molecular formula is C15H15ClN4O3S. The molecular weight excluding hydrogens is 352 g/mol. The van der Waals surface area contributed by atoms with Gasteiger partial charge in [0.2, 0.25) is 5.13 Å². The molecule has 24 heavy (non-hydrogen) atoms. The molecule has 1 aromatic heterocycles. The first-order chi connectivity index (χ1) is 11.5. The molecule has 0 aliphatic heterocycles. The van der Waals surface area contributed by atoms with Crippen molar-refractivity contribution < 1.29 is 9.72 Å². The van der Waals surface area contributed by atoms with Crippen molar-refractivity contribution in [3.8, 4) is 0 Å². The second kappa shape index (κ2) is 7.23. The van der Waals surface area contributed by atoms with Crippen molar-refractivity contribution in [3.05, 3.63) is 43.9 Å². The van der Waals surface area contributed by atoms with Gasteiger partial charge >= 0.3 is 0 Å². The van der Waals surface area contributed by atoms with Gasteiger partial charge in [-0.25, -0.2) is 0 Å². The maximum Gasteiger partial charge on any atom is 0.288 e. The lowest BCUT2D eigenvalue weighted by molar-refractivity contribution is -0.384. The molecule has 0 spiro atoms. The van der Waals surface area contributed by atoms with Crippen molar-refractivity contribution in [1.82, 2.24) is 10.2 Å². The van der Waals surface area contributed by atoms with E-state index < -0.39 is 10.8 Å². The Morgan fingerprint density at radius 3 is 2.75 bits per heavy atom. The molecule has 3 rings (SSSR count). The molecule has 1 aliphatic carbocycles. The molecule has 9 heteroatoms. The van der Waals surface area contributed by atoms with E-state index in [9.17, 15) is 14.9 Å². The number of aromatic nitrogens is 2. The monoisotopic (exact) mass is 366 g/mol. The predicted molar refractivity (Wildman–Crippen MR) is 91.8 cm³/mol. The number of anilines is 1. The molecule has 1 aliphatic rings. The molecule has 1 saturated carbocycles. The summed E-state index contributed by atoms with van der Waals surface area (Å²) >= 11 is 7.11. The van der Waals surface area contributed by atoms with E-state index in [1.165, 1.54) is 42.7 Å². The van der Waals surface area contributed by atoms with Crippen molar-refractivity contribution in [2.45, 2.75) is 38.0 Å². The first kappa shape index (κ1) is 16.8. The quantitative estimate of drug-likeness (QED) is 0.638. The number of hydrogen-bond acceptors (Lipinski definition) is 6. The summed E-state index contributed by atoms with van der Waals surface area (Å²) in [7, 11) is 0. The van der Waals surface area contributed by atoms with E-state index in [-0.39, 0.29) is 16.3 Å². The smallest absolute Gasteiger partial charge is 0.288 e. The van der Waals surface area contributed by atoms with Gasteiger partial charge in [0.1, 0.15) is 10.0 Å². The summed E-state index contributed by atoms with van der Waals surface area (Å²) < 4.78 is 0. The fourth-order valence-corrected chi connectivity index (χ4v) is 3.86. The van der Waals surface area contributed by atoms with Crippen LogP contribution in [0.5, 0.6) is 0 Å². The number of nitro groups is 1. The summed E-state index contributed by atoms with van der Waals surface area (Å²) in [5.41, 5.74) is -0.148. The molecule has 1 aromatic carbocycles. The molecule has 1 amide bonds. The van der Waals surface area contributed by atoms with E-state index in [2.05, 4.69) is 15.5 Å². The molecule has 0 bridgehead atoms. The van der Waals surface area contributed by atoms with Crippen LogP contribution in [-0.4, -0.2) is 21.0 Å². The Morgan fingerprint density at radius 2 is 2.04 bits per heavy atom. The first-order valence-corrected chi connectivity index (χ1v) is 8.82. The standard InChI is InChI=1S/C15H15ClN4O3S/c16-11-7-6-10(8-12(11)20(22)23)13(21)17-15-19-18-14(24-15)9-4-2-1-3-5-9/h6-9H,1-5H2,(H,17,19,21). The molecule has 7 nitrogen and oxygen atoms in total. The van der Waals surface area contributed by atoms with Crippen molar-refractivity contribution >= 4 is 39.7 Å². The SMILES string of the molecule is O=C(Nc1nnc(C2CCCCC2)s1)c1ccc(Cl)c([N+](=O)[O-])c1. The van der Waals surface area contributed by atoms with Crippen LogP contribution in [0.3, 0.4) is 0 Å². The van der Waals surface area contributed by atoms with E-state index in [1.807, 2.05) is 0 Å². The summed E-state index contributed by atoms with van der Waals surface area (Å²) in [5.74, 6) is -0.0559. The minimum atomic E-state index is -0.620. The van der Waals surface area contributed by atoms with Crippen LogP contribution in [0.1, 0.15) is 53.4 Å². The normalized spacial score (nSPS) is 15.2. The van der Waals surface area contributed by atoms with E-state index >= 15 is 0 Å². The number of carbonyl (C=O) groups excluding carboxylic acids is 1. The number of nitro benzene ring substituents is 1. The van der Waals surface area contributed by atoms with Crippen LogP contribution in [0, 0.1) is 10.1 Å². The maximum atomic E-state index is 12.2. The van der Waals surface area contributed by atoms with Gasteiger partial charge < -0.3 is 0 Å². The van der Waals surface area contributed by atoms with Crippen LogP contribution in [0.15, 0.2) is 18.2 Å². The van der Waals surface area contributed by atoms with E-state index in [1.54, 1.807) is 0 Å². The molecule has 2 aromatic rings. The van der Waals surface area contributed by atoms with Gasteiger partial charge in [0, 0.05) is 17.5 Å². The summed E-state index contributed by atoms with van der Waals surface area (Å²) in [6.07, 6.45) is 5.85. The Morgan fingerprint density at radius 1 is 1.29 bits per heavy atom. The van der Waals surface area contributed by atoms with Crippen LogP contribution >= 0.6 is 22.9 Å². The number of nitrogens with zero attached hydrogens (tertiary/aromatic N) is 3. The summed E-state index contributed by atoms with van der Waals surface area (Å²) in [5, 5.41) is 23.1. The van der Waals surface area contributed by atoms with Gasteiger partial charge in [0.25, 0.3) is 11.6 Å². The number of carbonyl (C=O) groups is 1. The Hall–Kier alpha value is -2.06. The Bertz CT molecular complexity index is 774. The number of hydrogen-bond donors (Lipinski definition) is 1. The third-order valence-electron chi connectivity index (χ3n) is 4.02. The lowest BCUT2D eigenvalue weighted by Gasteiger charge is -2.18. The summed E-state index contributed by atoms with van der Waals surface area (Å²) in [6.45, 7) is 0. The third-order valence-corrected chi connectivity index (χ3v) is 5.34. The average Bonchev–Trinajstić information content (AvgIpc) is 3.04. The fourth-order valence-electron chi connectivity index (χ4n) is 2.76. The van der Waals surface area contributed by atoms with Crippen LogP contribution in [0.4, 0.5) is 10.8 Å². The van der Waals surface area contributed by atoms with Gasteiger partial charge in [-0.1, -0.05) is 42.2 Å². The van der Waals surface area contributed by atoms with Gasteiger partial charge in [-0.2, -0.15) is 0 Å². The molecule has 0 unspecified atom stereocenters. The molecule has 1 N–H and O–H groups in total. The van der Waals surface area contributed by atoms with Gasteiger partial charge in [-0.15, -0.1) is 10.2 Å². The predicted octanol–water partition coefficient (Wildman–Crippen LogP) is 4.40. The third kappa shape index (κ3) is 3.70. The number of rotatable bonds is 4. The van der Waals surface area contributed by atoms with Gasteiger partial charge in [-0.05, 0) is 25.0 Å². The lowest BCUT2D eigenvalue weighted by atomic mass is 9.90. The minimum Gasteiger partial charge on any atom is -0.296 e. The second-order valence-electron chi connectivity index (χ2n) is 5.66. The number of halogens is 1.